The van der Waals surface area contributed by atoms with Gasteiger partial charge in [0.2, 0.25) is 0 Å². The second kappa shape index (κ2) is 8.34. The van der Waals surface area contributed by atoms with E-state index in [0.29, 0.717) is 0 Å². The van der Waals surface area contributed by atoms with Crippen LogP contribution in [0, 0.1) is 0 Å². The molecule has 0 saturated carbocycles. The smallest absolute Gasteiger partial charge is 2.00 e. The second-order valence-corrected chi connectivity index (χ2v) is 0.575. The SMILES string of the molecule is O=C([O-])C(=O)[O-].[KH].[Mg+2]. The van der Waals surface area contributed by atoms with Crippen molar-refractivity contribution in [1.29, 1.82) is 0 Å². The third-order valence-corrected chi connectivity index (χ3v) is 0.167. The summed E-state index contributed by atoms with van der Waals surface area (Å²) < 4.78 is 0. The molecule has 0 spiro atoms. The van der Waals surface area contributed by atoms with Crippen molar-refractivity contribution in [2.75, 3.05) is 0 Å². The van der Waals surface area contributed by atoms with Crippen molar-refractivity contribution in [3.8, 4) is 0 Å². The quantitative estimate of drug-likeness (QED) is 0.259. The molecule has 4 nitrogen and oxygen atoms in total. The monoisotopic (exact) mass is 152 g/mol. The number of carbonyl (C=O) groups is 2. The number of carbonyl (C=O) groups excluding carboxylic acids is 2. The van der Waals surface area contributed by atoms with E-state index in [9.17, 15) is 0 Å². The Morgan fingerprint density at radius 1 is 1.00 bits per heavy atom. The van der Waals surface area contributed by atoms with Crippen molar-refractivity contribution in [1.82, 2.24) is 0 Å². The number of aliphatic carboxylic acids is 2. The maximum absolute atomic E-state index is 8.93. The summed E-state index contributed by atoms with van der Waals surface area (Å²) in [4.78, 5) is 17.9. The van der Waals surface area contributed by atoms with E-state index in [0.717, 1.165) is 0 Å². The first-order valence-corrected chi connectivity index (χ1v) is 1.07. The molecule has 0 radical (unpaired) electrons. The minimum atomic E-state index is -2.19. The van der Waals surface area contributed by atoms with Crippen molar-refractivity contribution >= 4 is 86.4 Å². The Bertz CT molecular complexity index is 80.0. The Morgan fingerprint density at radius 2 is 1.12 bits per heavy atom. The fourth-order valence-electron chi connectivity index (χ4n) is 0. The Labute approximate surface area is 104 Å². The molecule has 0 heterocycles. The van der Waals surface area contributed by atoms with Crippen LogP contribution < -0.4 is 10.2 Å². The van der Waals surface area contributed by atoms with Crippen LogP contribution in [0.5, 0.6) is 0 Å². The molecule has 0 saturated heterocycles. The Kier molecular flexibility index (Phi) is 16.9. The van der Waals surface area contributed by atoms with Gasteiger partial charge in [0.15, 0.2) is 0 Å². The zero-order valence-corrected chi connectivity index (χ0v) is 4.75. The molecule has 0 aromatic carbocycles. The minimum Gasteiger partial charge on any atom is 2.00 e. The topological polar surface area (TPSA) is 80.3 Å². The molecular weight excluding hydrogens is 151 g/mol. The fourth-order valence-corrected chi connectivity index (χ4v) is 0. The molecule has 6 heteroatoms. The van der Waals surface area contributed by atoms with Gasteiger partial charge in [-0.05, 0) is 0 Å². The standard InChI is InChI=1S/C2H2O4.K.Mg.H/c3-1(4)2(5)6;;;/h(H,3,4)(H,5,6);;;/q;;+2;/p-2. The van der Waals surface area contributed by atoms with Gasteiger partial charge in [-0.15, -0.1) is 0 Å². The normalized spacial score (nSPS) is 5.50. The van der Waals surface area contributed by atoms with E-state index in [1.807, 2.05) is 0 Å². The molecule has 8 heavy (non-hydrogen) atoms. The molecule has 0 unspecified atom stereocenters. The number of hydrogen-bond acceptors (Lipinski definition) is 4. The van der Waals surface area contributed by atoms with Gasteiger partial charge in [-0.25, -0.2) is 0 Å². The van der Waals surface area contributed by atoms with Gasteiger partial charge in [0, 0.05) is 0 Å². The van der Waals surface area contributed by atoms with Crippen LogP contribution in [0.15, 0.2) is 0 Å². The van der Waals surface area contributed by atoms with Crippen molar-refractivity contribution in [3.63, 3.8) is 0 Å². The summed E-state index contributed by atoms with van der Waals surface area (Å²) in [5.41, 5.74) is 0. The summed E-state index contributed by atoms with van der Waals surface area (Å²) >= 11 is 0. The number of rotatable bonds is 0. The van der Waals surface area contributed by atoms with Gasteiger partial charge in [-0.3, -0.25) is 0 Å². The van der Waals surface area contributed by atoms with Crippen LogP contribution in [-0.2, 0) is 9.59 Å². The van der Waals surface area contributed by atoms with Crippen LogP contribution in [0.2, 0.25) is 0 Å². The van der Waals surface area contributed by atoms with E-state index in [1.165, 1.54) is 0 Å². The molecule has 0 aliphatic heterocycles. The van der Waals surface area contributed by atoms with Crippen molar-refractivity contribution in [2.45, 2.75) is 0 Å². The maximum atomic E-state index is 8.93. The maximum Gasteiger partial charge on any atom is 2.00 e. The molecule has 0 aliphatic rings. The van der Waals surface area contributed by atoms with Gasteiger partial charge >= 0.3 is 74.4 Å². The second-order valence-electron chi connectivity index (χ2n) is 0.575. The van der Waals surface area contributed by atoms with Gasteiger partial charge in [-0.2, -0.15) is 0 Å². The first-order chi connectivity index (χ1) is 2.64. The van der Waals surface area contributed by atoms with E-state index in [-0.39, 0.29) is 74.4 Å². The van der Waals surface area contributed by atoms with Crippen LogP contribution in [0.4, 0.5) is 0 Å². The molecule has 0 aromatic rings. The molecule has 36 valence electrons. The van der Waals surface area contributed by atoms with Crippen LogP contribution in [0.3, 0.4) is 0 Å². The Balaban J connectivity index is -0.000000125. The van der Waals surface area contributed by atoms with E-state index >= 15 is 0 Å². The Morgan fingerprint density at radius 3 is 1.12 bits per heavy atom. The van der Waals surface area contributed by atoms with E-state index in [2.05, 4.69) is 0 Å². The van der Waals surface area contributed by atoms with Gasteiger partial charge in [0.05, 0.1) is 11.9 Å². The molecular formula is C2HKMgO4. The Hall–Kier alpha value is 1.34. The first kappa shape index (κ1) is 16.2. The summed E-state index contributed by atoms with van der Waals surface area (Å²) in [5.74, 6) is -4.37. The van der Waals surface area contributed by atoms with E-state index in [1.54, 1.807) is 0 Å². The van der Waals surface area contributed by atoms with Gasteiger partial charge in [-0.1, -0.05) is 0 Å². The van der Waals surface area contributed by atoms with Crippen LogP contribution in [0.25, 0.3) is 0 Å². The van der Waals surface area contributed by atoms with E-state index in [4.69, 9.17) is 19.8 Å². The molecule has 0 aromatic heterocycles. The zero-order chi connectivity index (χ0) is 5.15. The van der Waals surface area contributed by atoms with Gasteiger partial charge in [0.25, 0.3) is 0 Å². The molecule has 0 rings (SSSR count). The predicted molar refractivity (Wildman–Crippen MR) is 22.9 cm³/mol. The molecule has 0 amide bonds. The molecule has 0 atom stereocenters. The predicted octanol–water partition coefficient (Wildman–Crippen LogP) is -4.54. The summed E-state index contributed by atoms with van der Waals surface area (Å²) in [6.07, 6.45) is 0. The van der Waals surface area contributed by atoms with Gasteiger partial charge in [0.1, 0.15) is 0 Å². The fraction of sp³-hybridized carbons (Fsp3) is 0. The summed E-state index contributed by atoms with van der Waals surface area (Å²) in [6.45, 7) is 0. The third kappa shape index (κ3) is 10.3. The number of hydrogen-bond donors (Lipinski definition) is 0. The minimum absolute atomic E-state index is 0. The average Bonchev–Trinajstić information content (AvgIpc) is 1.36. The van der Waals surface area contributed by atoms with Crippen molar-refractivity contribution < 1.29 is 19.8 Å². The molecule has 0 aliphatic carbocycles. The van der Waals surface area contributed by atoms with Crippen LogP contribution >= 0.6 is 0 Å². The summed E-state index contributed by atoms with van der Waals surface area (Å²) in [6, 6.07) is 0. The average molecular weight is 152 g/mol. The summed E-state index contributed by atoms with van der Waals surface area (Å²) in [7, 11) is 0. The first-order valence-electron chi connectivity index (χ1n) is 1.07. The molecule has 0 bridgehead atoms. The summed E-state index contributed by atoms with van der Waals surface area (Å²) in [5, 5.41) is 17.9. The molecule has 0 N–H and O–H groups in total. The van der Waals surface area contributed by atoms with Crippen molar-refractivity contribution in [3.05, 3.63) is 0 Å². The van der Waals surface area contributed by atoms with Crippen LogP contribution in [0.1, 0.15) is 0 Å². The van der Waals surface area contributed by atoms with Crippen molar-refractivity contribution in [2.24, 2.45) is 0 Å². The third-order valence-electron chi connectivity index (χ3n) is 0.167. The van der Waals surface area contributed by atoms with Crippen LogP contribution in [-0.4, -0.2) is 86.4 Å². The largest absolute Gasteiger partial charge is 2.00 e. The van der Waals surface area contributed by atoms with E-state index < -0.39 is 11.9 Å². The van der Waals surface area contributed by atoms with Gasteiger partial charge < -0.3 is 19.8 Å². The molecule has 0 fully saturated rings. The number of carboxylic acids is 2. The number of carboxylic acid groups (broad SMARTS) is 2. The zero-order valence-electron chi connectivity index (χ0n) is 3.34.